The van der Waals surface area contributed by atoms with Crippen LogP contribution in [0.4, 0.5) is 5.69 Å². The summed E-state index contributed by atoms with van der Waals surface area (Å²) in [6.45, 7) is 2.15. The molecule has 0 aliphatic rings. The van der Waals surface area contributed by atoms with E-state index < -0.39 is 0 Å². The fourth-order valence-corrected chi connectivity index (χ4v) is 2.84. The van der Waals surface area contributed by atoms with Gasteiger partial charge in [0.05, 0.1) is 7.11 Å². The molecule has 4 heteroatoms. The molecule has 1 unspecified atom stereocenters. The average molecular weight is 312 g/mol. The number of halogens is 1. The maximum atomic E-state index is 5.24. The van der Waals surface area contributed by atoms with Gasteiger partial charge in [0.15, 0.2) is 0 Å². The van der Waals surface area contributed by atoms with Gasteiger partial charge >= 0.3 is 0 Å². The lowest BCUT2D eigenvalue weighted by Crippen LogP contribution is -2.05. The summed E-state index contributed by atoms with van der Waals surface area (Å²) in [4.78, 5) is 0. The van der Waals surface area contributed by atoms with Gasteiger partial charge in [0.25, 0.3) is 0 Å². The SMILES string of the molecule is COc1cc(Br)cc(NC(C)c2ccsc2)c1. The van der Waals surface area contributed by atoms with Crippen LogP contribution in [0.25, 0.3) is 0 Å². The molecule has 1 atom stereocenters. The maximum Gasteiger partial charge on any atom is 0.122 e. The Hall–Kier alpha value is -1.00. The molecule has 1 aromatic heterocycles. The molecule has 1 aromatic carbocycles. The summed E-state index contributed by atoms with van der Waals surface area (Å²) in [6, 6.07) is 8.41. The molecular weight excluding hydrogens is 298 g/mol. The van der Waals surface area contributed by atoms with Crippen molar-refractivity contribution < 1.29 is 4.74 Å². The first kappa shape index (κ1) is 12.5. The summed E-state index contributed by atoms with van der Waals surface area (Å²) >= 11 is 5.19. The van der Waals surface area contributed by atoms with Crippen LogP contribution in [0.15, 0.2) is 39.5 Å². The number of hydrogen-bond acceptors (Lipinski definition) is 3. The Morgan fingerprint density at radius 2 is 2.18 bits per heavy atom. The zero-order chi connectivity index (χ0) is 12.3. The normalized spacial score (nSPS) is 12.2. The minimum atomic E-state index is 0.292. The van der Waals surface area contributed by atoms with Crippen molar-refractivity contribution in [3.63, 3.8) is 0 Å². The minimum absolute atomic E-state index is 0.292. The second kappa shape index (κ2) is 5.56. The maximum absolute atomic E-state index is 5.24. The van der Waals surface area contributed by atoms with Gasteiger partial charge in [-0.1, -0.05) is 15.9 Å². The average Bonchev–Trinajstić information content (AvgIpc) is 2.81. The van der Waals surface area contributed by atoms with E-state index in [-0.39, 0.29) is 0 Å². The molecule has 0 bridgehead atoms. The lowest BCUT2D eigenvalue weighted by molar-refractivity contribution is 0.414. The highest BCUT2D eigenvalue weighted by Crippen LogP contribution is 2.27. The minimum Gasteiger partial charge on any atom is -0.497 e. The Morgan fingerprint density at radius 1 is 1.35 bits per heavy atom. The molecule has 2 nitrogen and oxygen atoms in total. The van der Waals surface area contributed by atoms with E-state index in [1.165, 1.54) is 5.56 Å². The monoisotopic (exact) mass is 311 g/mol. The van der Waals surface area contributed by atoms with Gasteiger partial charge in [-0.25, -0.2) is 0 Å². The summed E-state index contributed by atoms with van der Waals surface area (Å²) < 4.78 is 6.25. The zero-order valence-corrected chi connectivity index (χ0v) is 12.1. The second-order valence-electron chi connectivity index (χ2n) is 3.80. The molecule has 0 saturated carbocycles. The smallest absolute Gasteiger partial charge is 0.122 e. The zero-order valence-electron chi connectivity index (χ0n) is 9.74. The molecule has 1 heterocycles. The first-order valence-corrected chi connectivity index (χ1v) is 7.06. The van der Waals surface area contributed by atoms with Gasteiger partial charge < -0.3 is 10.1 Å². The van der Waals surface area contributed by atoms with Crippen molar-refractivity contribution in [2.24, 2.45) is 0 Å². The third kappa shape index (κ3) is 3.23. The molecule has 0 aliphatic heterocycles. The highest BCUT2D eigenvalue weighted by Gasteiger charge is 2.07. The highest BCUT2D eigenvalue weighted by molar-refractivity contribution is 9.10. The summed E-state index contributed by atoms with van der Waals surface area (Å²) in [5.41, 5.74) is 2.35. The first-order chi connectivity index (χ1) is 8.19. The topological polar surface area (TPSA) is 21.3 Å². The van der Waals surface area contributed by atoms with Crippen molar-refractivity contribution in [2.45, 2.75) is 13.0 Å². The Bertz CT molecular complexity index is 484. The van der Waals surface area contributed by atoms with E-state index >= 15 is 0 Å². The van der Waals surface area contributed by atoms with Gasteiger partial charge in [-0.2, -0.15) is 11.3 Å². The number of hydrogen-bond donors (Lipinski definition) is 1. The molecule has 0 saturated heterocycles. The van der Waals surface area contributed by atoms with Crippen LogP contribution in [0.1, 0.15) is 18.5 Å². The van der Waals surface area contributed by atoms with Crippen LogP contribution in [0.5, 0.6) is 5.75 Å². The van der Waals surface area contributed by atoms with Crippen molar-refractivity contribution in [1.82, 2.24) is 0 Å². The highest BCUT2D eigenvalue weighted by atomic mass is 79.9. The van der Waals surface area contributed by atoms with Gasteiger partial charge in [0.2, 0.25) is 0 Å². The number of ether oxygens (including phenoxy) is 1. The van der Waals surface area contributed by atoms with Gasteiger partial charge in [0, 0.05) is 22.3 Å². The molecule has 0 spiro atoms. The number of benzene rings is 1. The number of nitrogens with one attached hydrogen (secondary N) is 1. The van der Waals surface area contributed by atoms with E-state index in [0.29, 0.717) is 6.04 Å². The molecule has 2 rings (SSSR count). The first-order valence-electron chi connectivity index (χ1n) is 5.32. The van der Waals surface area contributed by atoms with E-state index in [9.17, 15) is 0 Å². The fraction of sp³-hybridized carbons (Fsp3) is 0.231. The lowest BCUT2D eigenvalue weighted by atomic mass is 10.1. The summed E-state index contributed by atoms with van der Waals surface area (Å²) in [7, 11) is 1.67. The van der Waals surface area contributed by atoms with E-state index in [0.717, 1.165) is 15.9 Å². The Morgan fingerprint density at radius 3 is 2.82 bits per heavy atom. The summed E-state index contributed by atoms with van der Waals surface area (Å²) in [6.07, 6.45) is 0. The molecule has 0 aliphatic carbocycles. The molecule has 17 heavy (non-hydrogen) atoms. The molecule has 90 valence electrons. The quantitative estimate of drug-likeness (QED) is 0.884. The summed E-state index contributed by atoms with van der Waals surface area (Å²) in [5, 5.41) is 7.71. The van der Waals surface area contributed by atoms with Crippen LogP contribution in [-0.2, 0) is 0 Å². The van der Waals surface area contributed by atoms with Crippen LogP contribution in [-0.4, -0.2) is 7.11 Å². The summed E-state index contributed by atoms with van der Waals surface area (Å²) in [5.74, 6) is 0.847. The van der Waals surface area contributed by atoms with Crippen LogP contribution in [0.3, 0.4) is 0 Å². The van der Waals surface area contributed by atoms with Gasteiger partial charge in [0.1, 0.15) is 5.75 Å². The predicted molar refractivity (Wildman–Crippen MR) is 77.1 cm³/mol. The largest absolute Gasteiger partial charge is 0.497 e. The fourth-order valence-electron chi connectivity index (χ4n) is 1.62. The molecule has 1 N–H and O–H groups in total. The Kier molecular flexibility index (Phi) is 4.07. The van der Waals surface area contributed by atoms with Crippen LogP contribution in [0.2, 0.25) is 0 Å². The van der Waals surface area contributed by atoms with Crippen molar-refractivity contribution >= 4 is 33.0 Å². The number of methoxy groups -OCH3 is 1. The lowest BCUT2D eigenvalue weighted by Gasteiger charge is -2.15. The van der Waals surface area contributed by atoms with Crippen molar-refractivity contribution in [3.05, 3.63) is 45.1 Å². The Labute approximate surface area is 114 Å². The van der Waals surface area contributed by atoms with E-state index in [2.05, 4.69) is 45.0 Å². The molecule has 0 fully saturated rings. The standard InChI is InChI=1S/C13H14BrNOS/c1-9(10-3-4-17-8-10)15-12-5-11(14)6-13(7-12)16-2/h3-9,15H,1-2H3. The van der Waals surface area contributed by atoms with Gasteiger partial charge in [-0.15, -0.1) is 0 Å². The van der Waals surface area contributed by atoms with E-state index in [1.807, 2.05) is 18.2 Å². The molecule has 0 amide bonds. The van der Waals surface area contributed by atoms with Crippen molar-refractivity contribution in [1.29, 1.82) is 0 Å². The number of thiophene rings is 1. The van der Waals surface area contributed by atoms with Crippen molar-refractivity contribution in [2.75, 3.05) is 12.4 Å². The van der Waals surface area contributed by atoms with Crippen LogP contribution < -0.4 is 10.1 Å². The van der Waals surface area contributed by atoms with E-state index in [1.54, 1.807) is 18.4 Å². The molecular formula is C13H14BrNOS. The van der Waals surface area contributed by atoms with Gasteiger partial charge in [-0.05, 0) is 41.4 Å². The van der Waals surface area contributed by atoms with Crippen LogP contribution in [0, 0.1) is 0 Å². The van der Waals surface area contributed by atoms with Gasteiger partial charge in [-0.3, -0.25) is 0 Å². The van der Waals surface area contributed by atoms with Crippen LogP contribution >= 0.6 is 27.3 Å². The Balaban J connectivity index is 2.15. The number of rotatable bonds is 4. The van der Waals surface area contributed by atoms with Crippen molar-refractivity contribution in [3.8, 4) is 5.75 Å². The third-order valence-electron chi connectivity index (χ3n) is 2.53. The molecule has 0 radical (unpaired) electrons. The molecule has 2 aromatic rings. The number of anilines is 1. The van der Waals surface area contributed by atoms with E-state index in [4.69, 9.17) is 4.74 Å². The third-order valence-corrected chi connectivity index (χ3v) is 3.69. The second-order valence-corrected chi connectivity index (χ2v) is 5.50. The predicted octanol–water partition coefficient (Wildman–Crippen LogP) is 4.69.